The number of fused-ring (bicyclic) bond motifs is 1. The molecule has 0 saturated carbocycles. The smallest absolute Gasteiger partial charge is 0.335 e. The highest BCUT2D eigenvalue weighted by molar-refractivity contribution is 5.87. The molecule has 0 bridgehead atoms. The van der Waals surface area contributed by atoms with Crippen LogP contribution in [0.3, 0.4) is 0 Å². The zero-order valence-corrected chi connectivity index (χ0v) is 11.9. The summed E-state index contributed by atoms with van der Waals surface area (Å²) in [4.78, 5) is 10.8. The fourth-order valence-electron chi connectivity index (χ4n) is 2.56. The van der Waals surface area contributed by atoms with Crippen molar-refractivity contribution in [3.63, 3.8) is 0 Å². The third kappa shape index (κ3) is 3.09. The van der Waals surface area contributed by atoms with Gasteiger partial charge in [0.05, 0.1) is 5.56 Å². The van der Waals surface area contributed by atoms with Gasteiger partial charge in [0.1, 0.15) is 5.75 Å². The third-order valence-electron chi connectivity index (χ3n) is 3.73. The van der Waals surface area contributed by atoms with Gasteiger partial charge in [0.2, 0.25) is 0 Å². The first kappa shape index (κ1) is 14.5. The normalized spacial score (nSPS) is 14.0. The molecule has 0 atom stereocenters. The second-order valence-electron chi connectivity index (χ2n) is 5.23. The van der Waals surface area contributed by atoms with Crippen molar-refractivity contribution in [2.45, 2.75) is 12.8 Å². The molecule has 1 aliphatic rings. The van der Waals surface area contributed by atoms with E-state index in [-0.39, 0.29) is 11.3 Å². The molecule has 1 aliphatic heterocycles. The van der Waals surface area contributed by atoms with Crippen LogP contribution in [0.15, 0.2) is 36.4 Å². The second-order valence-corrected chi connectivity index (χ2v) is 5.23. The lowest BCUT2D eigenvalue weighted by Gasteiger charge is -2.11. The first-order valence-corrected chi connectivity index (χ1v) is 7.17. The molecular weight excluding hydrogens is 285 g/mol. The second kappa shape index (κ2) is 6.15. The molecule has 4 nitrogen and oxygen atoms in total. The van der Waals surface area contributed by atoms with Gasteiger partial charge >= 0.3 is 5.97 Å². The Bertz CT molecular complexity index is 715. The Morgan fingerprint density at radius 2 is 1.86 bits per heavy atom. The summed E-state index contributed by atoms with van der Waals surface area (Å²) in [7, 11) is 0. The van der Waals surface area contributed by atoms with Gasteiger partial charge in [-0.05, 0) is 67.4 Å². The number of aromatic carboxylic acids is 1. The monoisotopic (exact) mass is 301 g/mol. The van der Waals surface area contributed by atoms with Gasteiger partial charge < -0.3 is 15.2 Å². The zero-order chi connectivity index (χ0) is 15.5. The summed E-state index contributed by atoms with van der Waals surface area (Å²) in [6.45, 7) is 1.87. The van der Waals surface area contributed by atoms with Gasteiger partial charge in [-0.2, -0.15) is 0 Å². The van der Waals surface area contributed by atoms with Crippen molar-refractivity contribution < 1.29 is 19.0 Å². The van der Waals surface area contributed by atoms with Crippen LogP contribution in [0.5, 0.6) is 11.5 Å². The fourth-order valence-corrected chi connectivity index (χ4v) is 2.56. The van der Waals surface area contributed by atoms with Gasteiger partial charge in [-0.25, -0.2) is 9.18 Å². The first-order chi connectivity index (χ1) is 10.6. The van der Waals surface area contributed by atoms with Crippen molar-refractivity contribution in [2.24, 2.45) is 0 Å². The average Bonchev–Trinajstić information content (AvgIpc) is 2.74. The maximum Gasteiger partial charge on any atom is 0.335 e. The molecule has 0 unspecified atom stereocenters. The van der Waals surface area contributed by atoms with Gasteiger partial charge in [-0.15, -0.1) is 0 Å². The van der Waals surface area contributed by atoms with Crippen molar-refractivity contribution in [3.05, 3.63) is 58.9 Å². The molecule has 3 rings (SSSR count). The number of hydrogen-bond acceptors (Lipinski definition) is 3. The van der Waals surface area contributed by atoms with E-state index < -0.39 is 11.8 Å². The van der Waals surface area contributed by atoms with Crippen molar-refractivity contribution >= 4 is 5.97 Å². The van der Waals surface area contributed by atoms with Crippen LogP contribution in [-0.2, 0) is 12.8 Å². The Hall–Kier alpha value is -2.40. The minimum absolute atomic E-state index is 0.0247. The molecule has 0 fully saturated rings. The minimum Gasteiger partial charge on any atom is -0.478 e. The van der Waals surface area contributed by atoms with Crippen LogP contribution in [0.1, 0.15) is 21.5 Å². The van der Waals surface area contributed by atoms with E-state index in [4.69, 9.17) is 9.84 Å². The Labute approximate surface area is 127 Å². The van der Waals surface area contributed by atoms with Crippen LogP contribution in [0.4, 0.5) is 4.39 Å². The molecule has 22 heavy (non-hydrogen) atoms. The topological polar surface area (TPSA) is 58.6 Å². The Morgan fingerprint density at radius 3 is 2.59 bits per heavy atom. The van der Waals surface area contributed by atoms with Crippen LogP contribution in [0.25, 0.3) is 0 Å². The Morgan fingerprint density at radius 1 is 1.09 bits per heavy atom. The first-order valence-electron chi connectivity index (χ1n) is 7.17. The highest BCUT2D eigenvalue weighted by Gasteiger charge is 2.12. The summed E-state index contributed by atoms with van der Waals surface area (Å²) in [5.41, 5.74) is 2.38. The largest absolute Gasteiger partial charge is 0.478 e. The molecule has 0 aliphatic carbocycles. The lowest BCUT2D eigenvalue weighted by molar-refractivity contribution is 0.0696. The molecule has 2 aromatic carbocycles. The van der Waals surface area contributed by atoms with Crippen molar-refractivity contribution in [1.82, 2.24) is 5.32 Å². The Balaban J connectivity index is 1.84. The van der Waals surface area contributed by atoms with Gasteiger partial charge in [-0.1, -0.05) is 6.07 Å². The minimum atomic E-state index is -1.16. The van der Waals surface area contributed by atoms with Gasteiger partial charge in [0.25, 0.3) is 0 Å². The molecular formula is C17H16FNO3. The van der Waals surface area contributed by atoms with E-state index in [2.05, 4.69) is 5.32 Å². The number of carboxylic acid groups (broad SMARTS) is 1. The van der Waals surface area contributed by atoms with Crippen LogP contribution in [0.2, 0.25) is 0 Å². The number of nitrogens with one attached hydrogen (secondary N) is 1. The third-order valence-corrected chi connectivity index (χ3v) is 3.73. The molecule has 5 heteroatoms. The highest BCUT2D eigenvalue weighted by Crippen LogP contribution is 2.27. The molecule has 0 spiro atoms. The maximum atomic E-state index is 13.9. The van der Waals surface area contributed by atoms with E-state index in [0.29, 0.717) is 5.75 Å². The van der Waals surface area contributed by atoms with E-state index in [9.17, 15) is 9.18 Å². The van der Waals surface area contributed by atoms with Gasteiger partial charge in [0, 0.05) is 0 Å². The standard InChI is InChI=1S/C17H16FNO3/c18-15-10-13(17(20)21)2-4-16(15)22-14-3-1-11-5-7-19-8-6-12(11)9-14/h1-4,9-10,19H,5-8H2,(H,20,21). The number of hydrogen-bond donors (Lipinski definition) is 2. The zero-order valence-electron chi connectivity index (χ0n) is 11.9. The van der Waals surface area contributed by atoms with Crippen molar-refractivity contribution in [3.8, 4) is 11.5 Å². The van der Waals surface area contributed by atoms with Crippen LogP contribution in [0, 0.1) is 5.82 Å². The number of ether oxygens (including phenoxy) is 1. The van der Waals surface area contributed by atoms with Crippen LogP contribution < -0.4 is 10.1 Å². The summed E-state index contributed by atoms with van der Waals surface area (Å²) in [5, 5.41) is 12.2. The van der Waals surface area contributed by atoms with E-state index in [1.165, 1.54) is 23.3 Å². The summed E-state index contributed by atoms with van der Waals surface area (Å²) >= 11 is 0. The summed E-state index contributed by atoms with van der Waals surface area (Å²) in [6.07, 6.45) is 1.88. The SMILES string of the molecule is O=C(O)c1ccc(Oc2ccc3c(c2)CCNCC3)c(F)c1. The van der Waals surface area contributed by atoms with E-state index in [1.54, 1.807) is 0 Å². The lowest BCUT2D eigenvalue weighted by atomic mass is 10.0. The molecule has 0 radical (unpaired) electrons. The van der Waals surface area contributed by atoms with Gasteiger partial charge in [-0.3, -0.25) is 0 Å². The summed E-state index contributed by atoms with van der Waals surface area (Å²) in [6, 6.07) is 9.37. The fraction of sp³-hybridized carbons (Fsp3) is 0.235. The molecule has 0 amide bonds. The number of carboxylic acids is 1. The molecule has 2 aromatic rings. The number of halogens is 1. The van der Waals surface area contributed by atoms with Crippen molar-refractivity contribution in [2.75, 3.05) is 13.1 Å². The predicted molar refractivity (Wildman–Crippen MR) is 80.2 cm³/mol. The van der Waals surface area contributed by atoms with Crippen molar-refractivity contribution in [1.29, 1.82) is 0 Å². The molecule has 114 valence electrons. The van der Waals surface area contributed by atoms with E-state index >= 15 is 0 Å². The van der Waals surface area contributed by atoms with E-state index in [0.717, 1.165) is 32.0 Å². The average molecular weight is 301 g/mol. The summed E-state index contributed by atoms with van der Waals surface area (Å²) < 4.78 is 19.5. The molecule has 2 N–H and O–H groups in total. The lowest BCUT2D eigenvalue weighted by Crippen LogP contribution is -2.16. The highest BCUT2D eigenvalue weighted by atomic mass is 19.1. The van der Waals surface area contributed by atoms with Crippen LogP contribution in [-0.4, -0.2) is 24.2 Å². The van der Waals surface area contributed by atoms with E-state index in [1.807, 2.05) is 18.2 Å². The molecule has 0 aromatic heterocycles. The number of rotatable bonds is 3. The van der Waals surface area contributed by atoms with Crippen LogP contribution >= 0.6 is 0 Å². The number of carbonyl (C=O) groups is 1. The molecule has 0 saturated heterocycles. The quantitative estimate of drug-likeness (QED) is 0.915. The number of benzene rings is 2. The summed E-state index contributed by atoms with van der Waals surface area (Å²) in [5.74, 6) is -1.26. The maximum absolute atomic E-state index is 13.9. The van der Waals surface area contributed by atoms with Gasteiger partial charge in [0.15, 0.2) is 11.6 Å². The molecule has 1 heterocycles. The predicted octanol–water partition coefficient (Wildman–Crippen LogP) is 3.00. The Kier molecular flexibility index (Phi) is 4.06.